The van der Waals surface area contributed by atoms with Crippen molar-refractivity contribution < 1.29 is 14.0 Å². The number of anilines is 1. The first-order valence-corrected chi connectivity index (χ1v) is 11.5. The summed E-state index contributed by atoms with van der Waals surface area (Å²) in [4.78, 5) is 15.8. The maximum atomic E-state index is 5.68. The first kappa shape index (κ1) is 21.7. The minimum absolute atomic E-state index is 0.572. The van der Waals surface area contributed by atoms with Gasteiger partial charge in [0.1, 0.15) is 18.9 Å². The molecular weight excluding hydrogens is 420 g/mol. The maximum absolute atomic E-state index is 5.68. The highest BCUT2D eigenvalue weighted by Crippen LogP contribution is 2.34. The van der Waals surface area contributed by atoms with E-state index in [2.05, 4.69) is 36.9 Å². The molecule has 9 nitrogen and oxygen atoms in total. The number of rotatable bonds is 8. The monoisotopic (exact) mass is 450 g/mol. The quantitative estimate of drug-likeness (QED) is 0.514. The smallest absolute Gasteiger partial charge is 0.225 e. The molecule has 2 aromatic heterocycles. The van der Waals surface area contributed by atoms with Gasteiger partial charge in [0.05, 0.1) is 6.54 Å². The van der Waals surface area contributed by atoms with E-state index in [1.165, 1.54) is 0 Å². The second-order valence-corrected chi connectivity index (χ2v) is 8.51. The van der Waals surface area contributed by atoms with E-state index in [0.717, 1.165) is 86.7 Å². The van der Waals surface area contributed by atoms with Gasteiger partial charge in [-0.2, -0.15) is 0 Å². The molecule has 0 spiro atoms. The fraction of sp³-hybridized carbons (Fsp3) is 0.458. The number of piperazine rings is 1. The van der Waals surface area contributed by atoms with E-state index in [1.54, 1.807) is 12.4 Å². The van der Waals surface area contributed by atoms with Gasteiger partial charge in [-0.15, -0.1) is 0 Å². The van der Waals surface area contributed by atoms with Crippen molar-refractivity contribution in [2.45, 2.75) is 13.0 Å². The summed E-state index contributed by atoms with van der Waals surface area (Å²) in [7, 11) is 2.12. The van der Waals surface area contributed by atoms with Crippen LogP contribution in [0.1, 0.15) is 12.2 Å². The van der Waals surface area contributed by atoms with Crippen LogP contribution >= 0.6 is 0 Å². The van der Waals surface area contributed by atoms with Crippen molar-refractivity contribution in [2.75, 3.05) is 64.4 Å². The van der Waals surface area contributed by atoms with Gasteiger partial charge in [-0.25, -0.2) is 9.97 Å². The molecule has 0 radical (unpaired) electrons. The molecule has 0 saturated carbocycles. The zero-order valence-electron chi connectivity index (χ0n) is 19.0. The fourth-order valence-electron chi connectivity index (χ4n) is 4.26. The van der Waals surface area contributed by atoms with Gasteiger partial charge in [0.15, 0.2) is 17.3 Å². The Labute approximate surface area is 193 Å². The Hall–Kier alpha value is -3.17. The number of nitrogens with zero attached hydrogens (tertiary/aromatic N) is 6. The van der Waals surface area contributed by atoms with Gasteiger partial charge in [-0.1, -0.05) is 5.16 Å². The Kier molecular flexibility index (Phi) is 6.68. The van der Waals surface area contributed by atoms with Crippen molar-refractivity contribution in [2.24, 2.45) is 0 Å². The van der Waals surface area contributed by atoms with Crippen LogP contribution in [0.25, 0.3) is 11.3 Å². The van der Waals surface area contributed by atoms with Crippen LogP contribution in [-0.2, 0) is 6.54 Å². The second-order valence-electron chi connectivity index (χ2n) is 8.51. The average Bonchev–Trinajstić information content (AvgIpc) is 3.33. The first-order chi connectivity index (χ1) is 16.2. The van der Waals surface area contributed by atoms with Crippen molar-refractivity contribution in [3.63, 3.8) is 0 Å². The summed E-state index contributed by atoms with van der Waals surface area (Å²) in [5.74, 6) is 3.24. The summed E-state index contributed by atoms with van der Waals surface area (Å²) in [5.41, 5.74) is 1.78. The van der Waals surface area contributed by atoms with Crippen molar-refractivity contribution in [1.29, 1.82) is 0 Å². The standard InChI is InChI=1S/C24H30N6O3/c1-28(8-3-9-29-10-12-30(13-11-29)24-25-6-2-7-26-24)18-20-17-21(27-33-20)19-4-5-22-23(16-19)32-15-14-31-22/h2,4-7,16-17H,3,8-15,18H2,1H3. The average molecular weight is 451 g/mol. The number of hydrogen-bond acceptors (Lipinski definition) is 9. The molecule has 5 rings (SSSR count). The van der Waals surface area contributed by atoms with E-state index in [4.69, 9.17) is 14.0 Å². The summed E-state index contributed by atoms with van der Waals surface area (Å²) in [5, 5.41) is 4.25. The third-order valence-electron chi connectivity index (χ3n) is 6.04. The van der Waals surface area contributed by atoms with Crippen LogP contribution < -0.4 is 14.4 Å². The molecule has 0 unspecified atom stereocenters. The molecule has 1 fully saturated rings. The van der Waals surface area contributed by atoms with Crippen molar-refractivity contribution in [1.82, 2.24) is 24.9 Å². The summed E-state index contributed by atoms with van der Waals surface area (Å²) in [6.07, 6.45) is 4.72. The lowest BCUT2D eigenvalue weighted by Gasteiger charge is -2.34. The lowest BCUT2D eigenvalue weighted by molar-refractivity contribution is 0.171. The zero-order chi connectivity index (χ0) is 22.5. The number of benzene rings is 1. The minimum atomic E-state index is 0.572. The minimum Gasteiger partial charge on any atom is -0.486 e. The lowest BCUT2D eigenvalue weighted by atomic mass is 10.1. The van der Waals surface area contributed by atoms with Gasteiger partial charge in [-0.05, 0) is 50.8 Å². The SMILES string of the molecule is CN(CCCN1CCN(c2ncccn2)CC1)Cc1cc(-c2ccc3c(c2)OCCO3)no1. The van der Waals surface area contributed by atoms with Crippen LogP contribution in [0.4, 0.5) is 5.95 Å². The molecule has 1 aromatic carbocycles. The van der Waals surface area contributed by atoms with Gasteiger partial charge in [-0.3, -0.25) is 9.80 Å². The molecule has 2 aliphatic rings. The summed E-state index contributed by atoms with van der Waals surface area (Å²) < 4.78 is 16.9. The summed E-state index contributed by atoms with van der Waals surface area (Å²) in [6.45, 7) is 8.02. The molecule has 0 amide bonds. The van der Waals surface area contributed by atoms with Gasteiger partial charge < -0.3 is 18.9 Å². The molecule has 0 N–H and O–H groups in total. The van der Waals surface area contributed by atoms with E-state index in [1.807, 2.05) is 30.3 Å². The molecule has 4 heterocycles. The van der Waals surface area contributed by atoms with Gasteiger partial charge in [0.25, 0.3) is 0 Å². The van der Waals surface area contributed by atoms with Crippen molar-refractivity contribution in [3.8, 4) is 22.8 Å². The predicted octanol–water partition coefficient (Wildman–Crippen LogP) is 2.55. The number of aromatic nitrogens is 3. The number of ether oxygens (including phenoxy) is 2. The second kappa shape index (κ2) is 10.2. The molecule has 0 bridgehead atoms. The number of fused-ring (bicyclic) bond motifs is 1. The molecule has 174 valence electrons. The Morgan fingerprint density at radius 2 is 1.76 bits per heavy atom. The molecule has 33 heavy (non-hydrogen) atoms. The van der Waals surface area contributed by atoms with Crippen LogP contribution in [0, 0.1) is 0 Å². The van der Waals surface area contributed by atoms with E-state index in [0.29, 0.717) is 13.2 Å². The Morgan fingerprint density at radius 3 is 2.58 bits per heavy atom. The van der Waals surface area contributed by atoms with Crippen LogP contribution in [0.5, 0.6) is 11.5 Å². The van der Waals surface area contributed by atoms with Crippen LogP contribution in [0.3, 0.4) is 0 Å². The normalized spacial score (nSPS) is 16.4. The number of hydrogen-bond donors (Lipinski definition) is 0. The third-order valence-corrected chi connectivity index (χ3v) is 6.04. The summed E-state index contributed by atoms with van der Waals surface area (Å²) in [6, 6.07) is 9.74. The topological polar surface area (TPSA) is 80.0 Å². The van der Waals surface area contributed by atoms with Crippen LogP contribution in [-0.4, -0.2) is 84.5 Å². The van der Waals surface area contributed by atoms with Gasteiger partial charge in [0.2, 0.25) is 5.95 Å². The fourth-order valence-corrected chi connectivity index (χ4v) is 4.26. The van der Waals surface area contributed by atoms with Crippen molar-refractivity contribution in [3.05, 3.63) is 48.5 Å². The Balaban J connectivity index is 1.05. The largest absolute Gasteiger partial charge is 0.486 e. The van der Waals surface area contributed by atoms with E-state index >= 15 is 0 Å². The molecule has 3 aromatic rings. The molecule has 0 atom stereocenters. The Morgan fingerprint density at radius 1 is 0.970 bits per heavy atom. The van der Waals surface area contributed by atoms with E-state index in [9.17, 15) is 0 Å². The van der Waals surface area contributed by atoms with E-state index < -0.39 is 0 Å². The first-order valence-electron chi connectivity index (χ1n) is 11.5. The zero-order valence-corrected chi connectivity index (χ0v) is 19.0. The van der Waals surface area contributed by atoms with Gasteiger partial charge >= 0.3 is 0 Å². The van der Waals surface area contributed by atoms with Crippen LogP contribution in [0.15, 0.2) is 47.2 Å². The van der Waals surface area contributed by atoms with Gasteiger partial charge in [0, 0.05) is 50.2 Å². The molecular formula is C24H30N6O3. The van der Waals surface area contributed by atoms with Crippen molar-refractivity contribution >= 4 is 5.95 Å². The molecule has 2 aliphatic heterocycles. The highest BCUT2D eigenvalue weighted by molar-refractivity contribution is 5.64. The third kappa shape index (κ3) is 5.43. The molecule has 9 heteroatoms. The molecule has 1 saturated heterocycles. The lowest BCUT2D eigenvalue weighted by Crippen LogP contribution is -2.47. The molecule has 0 aliphatic carbocycles. The van der Waals surface area contributed by atoms with Crippen LogP contribution in [0.2, 0.25) is 0 Å². The Bertz CT molecular complexity index is 1040. The summed E-state index contributed by atoms with van der Waals surface area (Å²) >= 11 is 0. The maximum Gasteiger partial charge on any atom is 0.225 e. The predicted molar refractivity (Wildman–Crippen MR) is 125 cm³/mol. The highest BCUT2D eigenvalue weighted by atomic mass is 16.6. The highest BCUT2D eigenvalue weighted by Gasteiger charge is 2.19. The van der Waals surface area contributed by atoms with E-state index in [-0.39, 0.29) is 0 Å².